The molecule has 0 spiro atoms. The third kappa shape index (κ3) is 7.56. The van der Waals surface area contributed by atoms with Crippen LogP contribution in [-0.2, 0) is 6.42 Å². The summed E-state index contributed by atoms with van der Waals surface area (Å²) in [4.78, 5) is 5.22. The number of fused-ring (bicyclic) bond motifs is 6. The molecule has 0 amide bonds. The van der Waals surface area contributed by atoms with E-state index in [2.05, 4.69) is 295 Å². The second-order valence-electron chi connectivity index (χ2n) is 20.4. The van der Waals surface area contributed by atoms with Crippen molar-refractivity contribution in [3.05, 3.63) is 290 Å². The average Bonchev–Trinajstić information content (AvgIpc) is 4.15. The molecular formula is C73H56N2S. The molecule has 10 aromatic carbocycles. The van der Waals surface area contributed by atoms with Gasteiger partial charge in [-0.25, -0.2) is 0 Å². The van der Waals surface area contributed by atoms with Gasteiger partial charge in [0.15, 0.2) is 0 Å². The van der Waals surface area contributed by atoms with Gasteiger partial charge in [-0.3, -0.25) is 0 Å². The van der Waals surface area contributed by atoms with Gasteiger partial charge in [-0.05, 0) is 126 Å². The Hall–Kier alpha value is -8.89. The Morgan fingerprint density at radius 3 is 1.68 bits per heavy atom. The molecule has 2 aliphatic carbocycles. The molecule has 3 heteroatoms. The third-order valence-corrected chi connectivity index (χ3v) is 19.7. The van der Waals surface area contributed by atoms with Crippen molar-refractivity contribution >= 4 is 54.4 Å². The van der Waals surface area contributed by atoms with Crippen molar-refractivity contribution in [2.24, 2.45) is 5.92 Å². The number of benzene rings is 10. The molecular weight excluding hydrogens is 937 g/mol. The molecule has 0 fully saturated rings. The molecule has 12 aromatic rings. The summed E-state index contributed by atoms with van der Waals surface area (Å²) < 4.78 is 5.20. The second-order valence-corrected chi connectivity index (χ2v) is 23.5. The monoisotopic (exact) mass is 992 g/mol. The molecule has 0 saturated heterocycles. The van der Waals surface area contributed by atoms with Crippen LogP contribution in [0.1, 0.15) is 36.6 Å². The highest BCUT2D eigenvalue weighted by molar-refractivity contribution is 8.34. The lowest BCUT2D eigenvalue weighted by atomic mass is 9.88. The van der Waals surface area contributed by atoms with E-state index in [4.69, 9.17) is 0 Å². The highest BCUT2D eigenvalue weighted by atomic mass is 32.3. The zero-order valence-corrected chi connectivity index (χ0v) is 43.4. The third-order valence-electron chi connectivity index (χ3n) is 15.8. The van der Waals surface area contributed by atoms with Gasteiger partial charge >= 0.3 is 0 Å². The van der Waals surface area contributed by atoms with Crippen LogP contribution in [0, 0.1) is 5.92 Å². The molecule has 1 unspecified atom stereocenters. The Morgan fingerprint density at radius 1 is 0.434 bits per heavy atom. The minimum absolute atomic E-state index is 0.385. The standard InChI is InChI=1S/C73H56N2S/c1-51-23-21-30-56(47-51)67-50-61(76(58-31-13-5-14-32-58,59-33-15-6-16-34-59)60-44-41-53(42-45-60)52-24-7-2-8-25-52)49-66(55-28-11-4-12-29-55)73(67)75-70-40-20-18-36-64(70)68-48-57(43-46-71(68)75)74-69-39-19-17-35-63(69)65-38-22-37-62(72(65)74)54-26-9-3-10-27-54/h2-19,21-39,41-46,48-51H,20,40,47H2,1H3. The lowest BCUT2D eigenvalue weighted by Gasteiger charge is -2.43. The summed E-state index contributed by atoms with van der Waals surface area (Å²) in [5.41, 5.74) is 18.7. The minimum Gasteiger partial charge on any atom is -0.312 e. The maximum absolute atomic E-state index is 2.68. The largest absolute Gasteiger partial charge is 0.312 e. The highest BCUT2D eigenvalue weighted by Crippen LogP contribution is 2.74. The van der Waals surface area contributed by atoms with E-state index in [0.29, 0.717) is 5.92 Å². The van der Waals surface area contributed by atoms with Crippen LogP contribution >= 0.6 is 10.0 Å². The Labute approximate surface area is 447 Å². The van der Waals surface area contributed by atoms with Crippen LogP contribution in [0.5, 0.6) is 0 Å². The number of nitrogens with zero attached hydrogens (tertiary/aromatic N) is 2. The maximum Gasteiger partial charge on any atom is 0.0619 e. The summed E-state index contributed by atoms with van der Waals surface area (Å²) in [7, 11) is -2.12. The van der Waals surface area contributed by atoms with Crippen molar-refractivity contribution in [3.63, 3.8) is 0 Å². The number of allylic oxidation sites excluding steroid dienone is 5. The maximum atomic E-state index is 2.68. The molecule has 0 saturated carbocycles. The quantitative estimate of drug-likeness (QED) is 0.129. The van der Waals surface area contributed by atoms with Crippen molar-refractivity contribution in [1.29, 1.82) is 0 Å². The predicted molar refractivity (Wildman–Crippen MR) is 322 cm³/mol. The van der Waals surface area contributed by atoms with E-state index in [-0.39, 0.29) is 0 Å². The van der Waals surface area contributed by atoms with Crippen LogP contribution in [0.4, 0.5) is 0 Å². The van der Waals surface area contributed by atoms with Crippen molar-refractivity contribution in [2.45, 2.75) is 45.8 Å². The van der Waals surface area contributed by atoms with Gasteiger partial charge in [-0.1, -0.05) is 213 Å². The van der Waals surface area contributed by atoms with Crippen molar-refractivity contribution in [2.75, 3.05) is 0 Å². The van der Waals surface area contributed by atoms with Crippen LogP contribution in [0.15, 0.2) is 293 Å². The molecule has 14 rings (SSSR count). The SMILES string of the molecule is CC1C=CC=C(c2cc(S(c3ccccc3)(c3ccccc3)c3ccc(-c4ccccc4)cc3)cc(-c3ccccc3)c2-n2c3c(c4cc(-n5c6ccccc6c6cccc(-c7ccccc7)c65)ccc42)C=CCC3)C1. The summed E-state index contributed by atoms with van der Waals surface area (Å²) in [6.45, 7) is 2.36. The van der Waals surface area contributed by atoms with Crippen molar-refractivity contribution in [3.8, 4) is 44.8 Å². The number of para-hydroxylation sites is 2. The van der Waals surface area contributed by atoms with Gasteiger partial charge in [0.2, 0.25) is 0 Å². The summed E-state index contributed by atoms with van der Waals surface area (Å²) in [6, 6.07) is 93.2. The first-order chi connectivity index (χ1) is 37.6. The van der Waals surface area contributed by atoms with Crippen molar-refractivity contribution < 1.29 is 0 Å². The van der Waals surface area contributed by atoms with Crippen LogP contribution in [0.25, 0.3) is 89.1 Å². The summed E-state index contributed by atoms with van der Waals surface area (Å²) >= 11 is 0. The first-order valence-corrected chi connectivity index (χ1v) is 28.4. The van der Waals surface area contributed by atoms with Crippen LogP contribution < -0.4 is 0 Å². The topological polar surface area (TPSA) is 9.86 Å². The summed E-state index contributed by atoms with van der Waals surface area (Å²) in [5.74, 6) is 0.385. The van der Waals surface area contributed by atoms with E-state index in [1.807, 2.05) is 0 Å². The van der Waals surface area contributed by atoms with Gasteiger partial charge in [-0.2, -0.15) is 0 Å². The normalized spacial score (nSPS) is 14.5. The lowest BCUT2D eigenvalue weighted by Crippen LogP contribution is -2.12. The van der Waals surface area contributed by atoms with Gasteiger partial charge in [0.05, 0.1) is 22.2 Å². The molecule has 76 heavy (non-hydrogen) atoms. The van der Waals surface area contributed by atoms with Gasteiger partial charge < -0.3 is 9.13 Å². The number of hydrogen-bond donors (Lipinski definition) is 0. The van der Waals surface area contributed by atoms with E-state index in [0.717, 1.165) is 24.9 Å². The molecule has 2 nitrogen and oxygen atoms in total. The van der Waals surface area contributed by atoms with E-state index < -0.39 is 10.0 Å². The van der Waals surface area contributed by atoms with E-state index in [1.54, 1.807) is 0 Å². The fourth-order valence-electron chi connectivity index (χ4n) is 12.4. The van der Waals surface area contributed by atoms with Crippen molar-refractivity contribution in [1.82, 2.24) is 9.13 Å². The Bertz CT molecular complexity index is 4180. The predicted octanol–water partition coefficient (Wildman–Crippen LogP) is 20.0. The fraction of sp³-hybridized carbons (Fsp3) is 0.0685. The number of aromatic nitrogens is 2. The second kappa shape index (κ2) is 19.1. The molecule has 364 valence electrons. The van der Waals surface area contributed by atoms with E-state index >= 15 is 0 Å². The number of hydrogen-bond acceptors (Lipinski definition) is 0. The van der Waals surface area contributed by atoms with Gasteiger partial charge in [0, 0.05) is 69.4 Å². The molecule has 2 aromatic heterocycles. The molecule has 0 bridgehead atoms. The molecule has 2 aliphatic rings. The molecule has 0 aliphatic heterocycles. The Balaban J connectivity index is 1.08. The molecule has 0 N–H and O–H groups in total. The Kier molecular flexibility index (Phi) is 11.5. The zero-order valence-electron chi connectivity index (χ0n) is 42.6. The van der Waals surface area contributed by atoms with Crippen LogP contribution in [-0.4, -0.2) is 9.13 Å². The van der Waals surface area contributed by atoms with Gasteiger partial charge in [0.25, 0.3) is 0 Å². The first kappa shape index (κ1) is 45.7. The van der Waals surface area contributed by atoms with Crippen LogP contribution in [0.3, 0.4) is 0 Å². The minimum atomic E-state index is -2.12. The molecule has 0 radical (unpaired) electrons. The van der Waals surface area contributed by atoms with Gasteiger partial charge in [-0.15, -0.1) is 10.0 Å². The lowest BCUT2D eigenvalue weighted by molar-refractivity contribution is 0.748. The summed E-state index contributed by atoms with van der Waals surface area (Å²) in [6.07, 6.45) is 14.7. The highest BCUT2D eigenvalue weighted by Gasteiger charge is 2.36. The first-order valence-electron chi connectivity index (χ1n) is 26.8. The summed E-state index contributed by atoms with van der Waals surface area (Å²) in [5, 5.41) is 3.78. The Morgan fingerprint density at radius 2 is 1.00 bits per heavy atom. The fourth-order valence-corrected chi connectivity index (χ4v) is 16.3. The zero-order chi connectivity index (χ0) is 50.6. The van der Waals surface area contributed by atoms with Gasteiger partial charge in [0.1, 0.15) is 0 Å². The number of rotatable bonds is 10. The smallest absolute Gasteiger partial charge is 0.0619 e. The van der Waals surface area contributed by atoms with E-state index in [1.165, 1.54) is 114 Å². The molecule has 2 heterocycles. The average molecular weight is 993 g/mol. The van der Waals surface area contributed by atoms with Crippen LogP contribution in [0.2, 0.25) is 0 Å². The molecule has 1 atom stereocenters. The van der Waals surface area contributed by atoms with E-state index in [9.17, 15) is 0 Å².